The molecule has 134 valence electrons. The lowest BCUT2D eigenvalue weighted by Gasteiger charge is -2.18. The van der Waals surface area contributed by atoms with Gasteiger partial charge in [0.25, 0.3) is 0 Å². The van der Waals surface area contributed by atoms with Crippen LogP contribution in [0.4, 0.5) is 0 Å². The average Bonchev–Trinajstić information content (AvgIpc) is 2.60. The van der Waals surface area contributed by atoms with E-state index < -0.39 is 9.84 Å². The second-order valence-electron chi connectivity index (χ2n) is 5.89. The highest BCUT2D eigenvalue weighted by molar-refractivity contribution is 7.90. The summed E-state index contributed by atoms with van der Waals surface area (Å²) < 4.78 is 23.0. The molecule has 0 heterocycles. The van der Waals surface area contributed by atoms with E-state index in [9.17, 15) is 8.42 Å². The monoisotopic (exact) mass is 359 g/mol. The first-order chi connectivity index (χ1) is 11.9. The number of nitrogens with one attached hydrogen (secondary N) is 2. The Morgan fingerprint density at radius 3 is 2.28 bits per heavy atom. The number of hydrogen-bond acceptors (Lipinski definition) is 3. The molecule has 0 radical (unpaired) electrons. The van der Waals surface area contributed by atoms with Crippen LogP contribution < -0.4 is 10.6 Å². The van der Waals surface area contributed by atoms with Crippen LogP contribution in [0.5, 0.6) is 0 Å². The summed E-state index contributed by atoms with van der Waals surface area (Å²) in [5.74, 6) is 0.728. The van der Waals surface area contributed by atoms with Gasteiger partial charge in [-0.3, -0.25) is 0 Å². The Kier molecular flexibility index (Phi) is 6.58. The Bertz CT molecular complexity index is 800. The van der Waals surface area contributed by atoms with Crippen molar-refractivity contribution in [1.29, 1.82) is 0 Å². The first-order valence-corrected chi connectivity index (χ1v) is 10.2. The van der Waals surface area contributed by atoms with Gasteiger partial charge in [0.05, 0.1) is 17.5 Å². The van der Waals surface area contributed by atoms with Gasteiger partial charge in [-0.15, -0.1) is 0 Å². The molecule has 0 spiro atoms. The van der Waals surface area contributed by atoms with E-state index in [-0.39, 0.29) is 6.04 Å². The number of rotatable bonds is 6. The molecule has 1 atom stereocenters. The van der Waals surface area contributed by atoms with Gasteiger partial charge in [0, 0.05) is 12.8 Å². The van der Waals surface area contributed by atoms with Crippen molar-refractivity contribution in [2.45, 2.75) is 31.3 Å². The third-order valence-corrected chi connectivity index (χ3v) is 4.90. The summed E-state index contributed by atoms with van der Waals surface area (Å²) in [7, 11) is -3.17. The predicted molar refractivity (Wildman–Crippen MR) is 102 cm³/mol. The molecule has 6 heteroatoms. The van der Waals surface area contributed by atoms with Crippen molar-refractivity contribution in [3.05, 3.63) is 65.7 Å². The molecule has 2 aromatic carbocycles. The van der Waals surface area contributed by atoms with Crippen LogP contribution in [0.15, 0.2) is 64.5 Å². The summed E-state index contributed by atoms with van der Waals surface area (Å²) in [6.07, 6.45) is 1.21. The molecule has 0 saturated heterocycles. The third kappa shape index (κ3) is 5.90. The quantitative estimate of drug-likeness (QED) is 0.615. The van der Waals surface area contributed by atoms with Gasteiger partial charge in [-0.1, -0.05) is 42.5 Å². The van der Waals surface area contributed by atoms with Gasteiger partial charge in [-0.25, -0.2) is 13.4 Å². The van der Waals surface area contributed by atoms with Crippen LogP contribution in [0, 0.1) is 0 Å². The Morgan fingerprint density at radius 1 is 1.08 bits per heavy atom. The molecule has 2 aromatic rings. The van der Waals surface area contributed by atoms with Gasteiger partial charge < -0.3 is 10.6 Å². The van der Waals surface area contributed by atoms with Crippen molar-refractivity contribution >= 4 is 15.8 Å². The SMILES string of the molecule is CCNC(=NCc1ccc(S(C)(=O)=O)cc1)NC(C)c1ccccc1. The largest absolute Gasteiger partial charge is 0.357 e. The van der Waals surface area contributed by atoms with Gasteiger partial charge in [-0.2, -0.15) is 0 Å². The van der Waals surface area contributed by atoms with Crippen molar-refractivity contribution < 1.29 is 8.42 Å². The first-order valence-electron chi connectivity index (χ1n) is 8.29. The van der Waals surface area contributed by atoms with Crippen LogP contribution in [0.2, 0.25) is 0 Å². The number of guanidine groups is 1. The molecule has 0 aliphatic carbocycles. The zero-order valence-corrected chi connectivity index (χ0v) is 15.7. The van der Waals surface area contributed by atoms with E-state index in [2.05, 4.69) is 34.7 Å². The number of sulfone groups is 1. The fourth-order valence-electron chi connectivity index (χ4n) is 2.36. The van der Waals surface area contributed by atoms with Crippen molar-refractivity contribution in [3.63, 3.8) is 0 Å². The summed E-state index contributed by atoms with van der Waals surface area (Å²) in [6, 6.07) is 17.1. The van der Waals surface area contributed by atoms with Crippen molar-refractivity contribution in [2.24, 2.45) is 4.99 Å². The second-order valence-corrected chi connectivity index (χ2v) is 7.90. The van der Waals surface area contributed by atoms with Crippen LogP contribution in [-0.4, -0.2) is 27.2 Å². The standard InChI is InChI=1S/C19H25N3O2S/c1-4-20-19(22-15(2)17-8-6-5-7-9-17)21-14-16-10-12-18(13-11-16)25(3,23)24/h5-13,15H,4,14H2,1-3H3,(H2,20,21,22). The van der Waals surface area contributed by atoms with E-state index >= 15 is 0 Å². The molecule has 25 heavy (non-hydrogen) atoms. The number of benzene rings is 2. The molecule has 2 N–H and O–H groups in total. The molecule has 0 bridgehead atoms. The van der Waals surface area contributed by atoms with E-state index in [1.54, 1.807) is 24.3 Å². The smallest absolute Gasteiger partial charge is 0.192 e. The maximum absolute atomic E-state index is 11.5. The lowest BCUT2D eigenvalue weighted by atomic mass is 10.1. The Balaban J connectivity index is 2.06. The molecule has 1 unspecified atom stereocenters. The van der Waals surface area contributed by atoms with E-state index in [1.165, 1.54) is 11.8 Å². The minimum absolute atomic E-state index is 0.131. The molecule has 0 saturated carbocycles. The summed E-state index contributed by atoms with van der Waals surface area (Å²) in [4.78, 5) is 4.91. The van der Waals surface area contributed by atoms with Crippen molar-refractivity contribution in [3.8, 4) is 0 Å². The lowest BCUT2D eigenvalue weighted by Crippen LogP contribution is -2.38. The van der Waals surface area contributed by atoms with Crippen molar-refractivity contribution in [2.75, 3.05) is 12.8 Å². The van der Waals surface area contributed by atoms with Gasteiger partial charge >= 0.3 is 0 Å². The normalized spacial score (nSPS) is 13.3. The fourth-order valence-corrected chi connectivity index (χ4v) is 2.99. The van der Waals surface area contributed by atoms with Crippen LogP contribution >= 0.6 is 0 Å². The van der Waals surface area contributed by atoms with Gasteiger partial charge in [0.15, 0.2) is 15.8 Å². The summed E-state index contributed by atoms with van der Waals surface area (Å²) in [6.45, 7) is 5.34. The molecular formula is C19H25N3O2S. The molecule has 0 aliphatic heterocycles. The zero-order chi connectivity index (χ0) is 18.3. The second kappa shape index (κ2) is 8.67. The Morgan fingerprint density at radius 2 is 1.72 bits per heavy atom. The minimum atomic E-state index is -3.17. The lowest BCUT2D eigenvalue weighted by molar-refractivity contribution is 0.602. The van der Waals surface area contributed by atoms with Crippen LogP contribution in [0.3, 0.4) is 0 Å². The fraction of sp³-hybridized carbons (Fsp3) is 0.316. The highest BCUT2D eigenvalue weighted by Crippen LogP contribution is 2.12. The molecule has 0 fully saturated rings. The van der Waals surface area contributed by atoms with E-state index in [0.717, 1.165) is 18.1 Å². The number of hydrogen-bond donors (Lipinski definition) is 2. The number of aliphatic imine (C=N–C) groups is 1. The van der Waals surface area contributed by atoms with Crippen LogP contribution in [-0.2, 0) is 16.4 Å². The van der Waals surface area contributed by atoms with Crippen LogP contribution in [0.1, 0.15) is 31.0 Å². The molecule has 0 aliphatic rings. The highest BCUT2D eigenvalue weighted by Gasteiger charge is 2.08. The van der Waals surface area contributed by atoms with Gasteiger partial charge in [-0.05, 0) is 37.1 Å². The Hall–Kier alpha value is -2.34. The molecule has 2 rings (SSSR count). The topological polar surface area (TPSA) is 70.6 Å². The summed E-state index contributed by atoms with van der Waals surface area (Å²) >= 11 is 0. The van der Waals surface area contributed by atoms with E-state index in [4.69, 9.17) is 0 Å². The maximum Gasteiger partial charge on any atom is 0.192 e. The van der Waals surface area contributed by atoms with Gasteiger partial charge in [0.2, 0.25) is 0 Å². The number of nitrogens with zero attached hydrogens (tertiary/aromatic N) is 1. The maximum atomic E-state index is 11.5. The summed E-state index contributed by atoms with van der Waals surface area (Å²) in [5.41, 5.74) is 2.14. The molecule has 5 nitrogen and oxygen atoms in total. The minimum Gasteiger partial charge on any atom is -0.357 e. The average molecular weight is 359 g/mol. The van der Waals surface area contributed by atoms with Crippen LogP contribution in [0.25, 0.3) is 0 Å². The first kappa shape index (κ1) is 19.0. The summed E-state index contributed by atoms with van der Waals surface area (Å²) in [5, 5.41) is 6.62. The van der Waals surface area contributed by atoms with E-state index in [1.807, 2.05) is 25.1 Å². The molecular weight excluding hydrogens is 334 g/mol. The molecule has 0 aromatic heterocycles. The predicted octanol–water partition coefficient (Wildman–Crippen LogP) is 2.91. The Labute approximate surface area is 150 Å². The third-order valence-electron chi connectivity index (χ3n) is 3.77. The zero-order valence-electron chi connectivity index (χ0n) is 14.9. The van der Waals surface area contributed by atoms with E-state index in [0.29, 0.717) is 11.4 Å². The highest BCUT2D eigenvalue weighted by atomic mass is 32.2. The van der Waals surface area contributed by atoms with Crippen molar-refractivity contribution in [1.82, 2.24) is 10.6 Å². The molecule has 0 amide bonds. The van der Waals surface area contributed by atoms with Gasteiger partial charge in [0.1, 0.15) is 0 Å².